The topological polar surface area (TPSA) is 124 Å². The quantitative estimate of drug-likeness (QED) is 0.416. The van der Waals surface area contributed by atoms with Crippen LogP contribution in [-0.2, 0) is 38.2 Å². The Labute approximate surface area is 231 Å². The molecule has 1 aromatic heterocycles. The van der Waals surface area contributed by atoms with Crippen molar-refractivity contribution in [1.82, 2.24) is 25.1 Å². The number of amides is 2. The number of aryl methyl sites for hydroxylation is 1. The highest BCUT2D eigenvalue weighted by Gasteiger charge is 2.39. The maximum Gasteiger partial charge on any atom is 0.242 e. The van der Waals surface area contributed by atoms with Gasteiger partial charge in [0.25, 0.3) is 0 Å². The molecule has 39 heavy (non-hydrogen) atoms. The van der Waals surface area contributed by atoms with Gasteiger partial charge in [0, 0.05) is 18.8 Å². The first-order valence-corrected chi connectivity index (χ1v) is 16.2. The van der Waals surface area contributed by atoms with Crippen LogP contribution in [0.15, 0.2) is 36.5 Å². The summed E-state index contributed by atoms with van der Waals surface area (Å²) in [7, 11) is -3.75. The number of nitrogens with zero attached hydrogens (tertiary/aromatic N) is 2. The molecule has 3 aliphatic rings. The molecule has 2 amide bonds. The Kier molecular flexibility index (Phi) is 9.02. The fraction of sp³-hybridized carbons (Fsp3) is 0.621. The van der Waals surface area contributed by atoms with Crippen molar-refractivity contribution in [2.45, 2.75) is 88.5 Å². The summed E-state index contributed by atoms with van der Waals surface area (Å²) < 4.78 is 29.1. The molecular formula is C29H41N5O4S. The average molecular weight is 556 g/mol. The van der Waals surface area contributed by atoms with E-state index in [1.807, 2.05) is 24.4 Å². The van der Waals surface area contributed by atoms with Gasteiger partial charge in [0.2, 0.25) is 21.8 Å². The Hall–Kier alpha value is -2.72. The summed E-state index contributed by atoms with van der Waals surface area (Å²) in [5.41, 5.74) is 3.08. The molecule has 10 heteroatoms. The van der Waals surface area contributed by atoms with E-state index in [-0.39, 0.29) is 17.6 Å². The molecule has 3 N–H and O–H groups in total. The van der Waals surface area contributed by atoms with E-state index < -0.39 is 22.1 Å². The van der Waals surface area contributed by atoms with Crippen molar-refractivity contribution in [1.29, 1.82) is 0 Å². The fourth-order valence-corrected chi connectivity index (χ4v) is 7.88. The van der Waals surface area contributed by atoms with Crippen LogP contribution in [0.1, 0.15) is 74.6 Å². The minimum absolute atomic E-state index is 0.137. The molecular weight excluding hydrogens is 514 g/mol. The van der Waals surface area contributed by atoms with Crippen LogP contribution in [0.5, 0.6) is 0 Å². The van der Waals surface area contributed by atoms with E-state index in [4.69, 9.17) is 0 Å². The standard InChI is InChI=1S/C29H41N5O4S/c35-28(30-18-23-13-14-25-24(16-23)19-31-32-25)27-12-7-15-34(27)29(36)26(17-21-8-3-1-4-9-21)33-39(37,38)20-22-10-5-2-6-11-22/h2,5-6,10-11,19,21,23,26-27,33H,1,3-4,7-9,12-18,20H2,(H,30,35)(H,31,32)/t23-,26-,27+/m1/s1. The van der Waals surface area contributed by atoms with Gasteiger partial charge in [-0.25, -0.2) is 13.1 Å². The zero-order valence-corrected chi connectivity index (χ0v) is 23.4. The highest BCUT2D eigenvalue weighted by molar-refractivity contribution is 7.88. The zero-order chi connectivity index (χ0) is 27.2. The molecule has 1 saturated carbocycles. The van der Waals surface area contributed by atoms with Crippen molar-refractivity contribution >= 4 is 21.8 Å². The van der Waals surface area contributed by atoms with Crippen LogP contribution in [0.3, 0.4) is 0 Å². The van der Waals surface area contributed by atoms with Crippen molar-refractivity contribution < 1.29 is 18.0 Å². The van der Waals surface area contributed by atoms with E-state index in [1.54, 1.807) is 17.0 Å². The normalized spacial score (nSPS) is 22.8. The third-order valence-corrected chi connectivity index (χ3v) is 9.99. The lowest BCUT2D eigenvalue weighted by Gasteiger charge is -2.32. The van der Waals surface area contributed by atoms with E-state index in [1.165, 1.54) is 17.7 Å². The van der Waals surface area contributed by atoms with E-state index in [2.05, 4.69) is 20.2 Å². The van der Waals surface area contributed by atoms with Crippen molar-refractivity contribution in [3.63, 3.8) is 0 Å². The Balaban J connectivity index is 1.24. The van der Waals surface area contributed by atoms with Gasteiger partial charge in [-0.2, -0.15) is 5.10 Å². The molecule has 1 saturated heterocycles. The summed E-state index contributed by atoms with van der Waals surface area (Å²) >= 11 is 0. The Morgan fingerprint density at radius 2 is 1.82 bits per heavy atom. The van der Waals surface area contributed by atoms with Gasteiger partial charge in [-0.1, -0.05) is 62.4 Å². The van der Waals surface area contributed by atoms with Gasteiger partial charge in [-0.15, -0.1) is 0 Å². The molecule has 1 aromatic carbocycles. The second kappa shape index (κ2) is 12.6. The van der Waals surface area contributed by atoms with Crippen LogP contribution >= 0.6 is 0 Å². The highest BCUT2D eigenvalue weighted by Crippen LogP contribution is 2.29. The van der Waals surface area contributed by atoms with Gasteiger partial charge in [0.05, 0.1) is 11.9 Å². The van der Waals surface area contributed by atoms with Crippen molar-refractivity contribution in [2.24, 2.45) is 11.8 Å². The molecule has 1 aliphatic heterocycles. The number of nitrogens with one attached hydrogen (secondary N) is 3. The summed E-state index contributed by atoms with van der Waals surface area (Å²) in [6.07, 6.45) is 11.9. The van der Waals surface area contributed by atoms with E-state index in [0.29, 0.717) is 43.3 Å². The van der Waals surface area contributed by atoms with Crippen LogP contribution in [0, 0.1) is 11.8 Å². The molecule has 0 spiro atoms. The Morgan fingerprint density at radius 3 is 2.62 bits per heavy atom. The van der Waals surface area contributed by atoms with Crippen molar-refractivity contribution in [3.05, 3.63) is 53.3 Å². The van der Waals surface area contributed by atoms with Crippen molar-refractivity contribution in [2.75, 3.05) is 13.1 Å². The SMILES string of the molecule is O=C(NC[C@@H]1CCc2[nH]ncc2C1)[C@@H]1CCCN1C(=O)[C@@H](CC1CCCCC1)NS(=O)(=O)Cc1ccccc1. The molecule has 2 aliphatic carbocycles. The summed E-state index contributed by atoms with van der Waals surface area (Å²) in [6.45, 7) is 1.04. The number of H-pyrrole nitrogens is 1. The minimum Gasteiger partial charge on any atom is -0.354 e. The van der Waals surface area contributed by atoms with Gasteiger partial charge >= 0.3 is 0 Å². The number of carbonyl (C=O) groups excluding carboxylic acids is 2. The maximum absolute atomic E-state index is 13.9. The summed E-state index contributed by atoms with van der Waals surface area (Å²) in [5.74, 6) is 0.0685. The number of sulfonamides is 1. The number of aromatic amines is 1. The first-order valence-electron chi connectivity index (χ1n) is 14.5. The molecule has 2 fully saturated rings. The zero-order valence-electron chi connectivity index (χ0n) is 22.6. The number of fused-ring (bicyclic) bond motifs is 1. The molecule has 3 atom stereocenters. The predicted octanol–water partition coefficient (Wildman–Crippen LogP) is 3.08. The van der Waals surface area contributed by atoms with Gasteiger partial charge in [0.15, 0.2) is 0 Å². The summed E-state index contributed by atoms with van der Waals surface area (Å²) in [4.78, 5) is 28.8. The molecule has 2 aromatic rings. The smallest absolute Gasteiger partial charge is 0.242 e. The number of rotatable bonds is 10. The number of benzene rings is 1. The van der Waals surface area contributed by atoms with E-state index in [9.17, 15) is 18.0 Å². The van der Waals surface area contributed by atoms with Crippen molar-refractivity contribution in [3.8, 4) is 0 Å². The lowest BCUT2D eigenvalue weighted by molar-refractivity contribution is -0.140. The monoisotopic (exact) mass is 555 g/mol. The van der Waals surface area contributed by atoms with Crippen LogP contribution < -0.4 is 10.0 Å². The van der Waals surface area contributed by atoms with Gasteiger partial charge in [-0.3, -0.25) is 14.7 Å². The molecule has 0 radical (unpaired) electrons. The van der Waals surface area contributed by atoms with Crippen LogP contribution in [0.4, 0.5) is 0 Å². The largest absolute Gasteiger partial charge is 0.354 e. The first kappa shape index (κ1) is 27.8. The number of likely N-dealkylation sites (tertiary alicyclic amines) is 1. The molecule has 0 unspecified atom stereocenters. The van der Waals surface area contributed by atoms with Gasteiger partial charge in [0.1, 0.15) is 12.1 Å². The van der Waals surface area contributed by atoms with Crippen LogP contribution in [-0.4, -0.2) is 60.5 Å². The number of carbonyl (C=O) groups is 2. The number of hydrogen-bond acceptors (Lipinski definition) is 5. The Morgan fingerprint density at radius 1 is 1.03 bits per heavy atom. The molecule has 0 bridgehead atoms. The fourth-order valence-electron chi connectivity index (χ4n) is 6.54. The third-order valence-electron chi connectivity index (χ3n) is 8.64. The number of hydrogen-bond donors (Lipinski definition) is 3. The second-order valence-electron chi connectivity index (χ2n) is 11.6. The first-order chi connectivity index (χ1) is 18.9. The third kappa shape index (κ3) is 7.28. The summed E-state index contributed by atoms with van der Waals surface area (Å²) in [5, 5.41) is 10.3. The van der Waals surface area contributed by atoms with Gasteiger partial charge in [-0.05, 0) is 61.5 Å². The Bertz CT molecular complexity index is 1230. The lowest BCUT2D eigenvalue weighted by Crippen LogP contribution is -2.54. The van der Waals surface area contributed by atoms with E-state index >= 15 is 0 Å². The lowest BCUT2D eigenvalue weighted by atomic mass is 9.84. The predicted molar refractivity (Wildman–Crippen MR) is 149 cm³/mol. The van der Waals surface area contributed by atoms with Crippen LogP contribution in [0.25, 0.3) is 0 Å². The summed E-state index contributed by atoms with van der Waals surface area (Å²) in [6, 6.07) is 7.61. The number of aromatic nitrogens is 2. The molecule has 5 rings (SSSR count). The van der Waals surface area contributed by atoms with Gasteiger partial charge < -0.3 is 10.2 Å². The maximum atomic E-state index is 13.9. The van der Waals surface area contributed by atoms with Crippen LogP contribution in [0.2, 0.25) is 0 Å². The highest BCUT2D eigenvalue weighted by atomic mass is 32.2. The molecule has 2 heterocycles. The molecule has 212 valence electrons. The minimum atomic E-state index is -3.75. The average Bonchev–Trinajstić information content (AvgIpc) is 3.61. The second-order valence-corrected chi connectivity index (χ2v) is 13.3. The molecule has 9 nitrogen and oxygen atoms in total. The van der Waals surface area contributed by atoms with E-state index in [0.717, 1.165) is 51.4 Å².